The second kappa shape index (κ2) is 5.51. The number of halogens is 1. The molecule has 92 valence electrons. The Morgan fingerprint density at radius 2 is 2.11 bits per heavy atom. The Hall–Kier alpha value is -2.07. The number of pyridine rings is 1. The molecule has 0 fully saturated rings. The summed E-state index contributed by atoms with van der Waals surface area (Å²) in [6.45, 7) is 0. The second-order valence-electron chi connectivity index (χ2n) is 3.40. The van der Waals surface area contributed by atoms with Crippen molar-refractivity contribution in [2.75, 3.05) is 7.11 Å². The van der Waals surface area contributed by atoms with Gasteiger partial charge in [-0.3, -0.25) is 0 Å². The Bertz CT molecular complexity index is 557. The second-order valence-corrected chi connectivity index (χ2v) is 3.81. The van der Waals surface area contributed by atoms with Gasteiger partial charge in [0, 0.05) is 12.3 Å². The lowest BCUT2D eigenvalue weighted by Gasteiger charge is -2.07. The maximum atomic E-state index is 11.7. The summed E-state index contributed by atoms with van der Waals surface area (Å²) in [5.74, 6) is 0.313. The van der Waals surface area contributed by atoms with Gasteiger partial charge >= 0.3 is 5.97 Å². The number of ether oxygens (including phenoxy) is 2. The molecule has 0 aliphatic heterocycles. The fraction of sp³-hybridized carbons (Fsp3) is 0.0769. The molecule has 0 radical (unpaired) electrons. The highest BCUT2D eigenvalue weighted by molar-refractivity contribution is 6.32. The maximum absolute atomic E-state index is 11.7. The van der Waals surface area contributed by atoms with E-state index in [0.717, 1.165) is 0 Å². The van der Waals surface area contributed by atoms with E-state index in [9.17, 15) is 4.79 Å². The zero-order valence-electron chi connectivity index (χ0n) is 9.59. The molecule has 0 unspecified atom stereocenters. The first kappa shape index (κ1) is 12.4. The first-order chi connectivity index (χ1) is 8.70. The Kier molecular flexibility index (Phi) is 3.79. The Balaban J connectivity index is 2.17. The molecule has 0 atom stereocenters. The van der Waals surface area contributed by atoms with Gasteiger partial charge in [0.15, 0.2) is 0 Å². The average molecular weight is 264 g/mol. The molecule has 1 heterocycles. The smallest absolute Gasteiger partial charge is 0.362 e. The number of benzene rings is 1. The van der Waals surface area contributed by atoms with Crippen LogP contribution in [0, 0.1) is 0 Å². The van der Waals surface area contributed by atoms with Crippen LogP contribution in [0.1, 0.15) is 10.5 Å². The van der Waals surface area contributed by atoms with Crippen LogP contribution < -0.4 is 9.47 Å². The molecule has 0 bridgehead atoms. The number of carbonyl (C=O) groups is 1. The van der Waals surface area contributed by atoms with Crippen molar-refractivity contribution in [3.63, 3.8) is 0 Å². The fourth-order valence-electron chi connectivity index (χ4n) is 1.33. The molecule has 1 aromatic carbocycles. The summed E-state index contributed by atoms with van der Waals surface area (Å²) in [5, 5.41) is 0.304. The quantitative estimate of drug-likeness (QED) is 0.631. The molecule has 1 aromatic heterocycles. The minimum absolute atomic E-state index is 0.226. The van der Waals surface area contributed by atoms with Crippen LogP contribution >= 0.6 is 11.6 Å². The topological polar surface area (TPSA) is 48.4 Å². The Morgan fingerprint density at radius 3 is 2.72 bits per heavy atom. The number of methoxy groups -OCH3 is 1. The van der Waals surface area contributed by atoms with E-state index in [-0.39, 0.29) is 11.4 Å². The van der Waals surface area contributed by atoms with Gasteiger partial charge in [0.25, 0.3) is 0 Å². The lowest BCUT2D eigenvalue weighted by Crippen LogP contribution is -2.10. The summed E-state index contributed by atoms with van der Waals surface area (Å²) in [6, 6.07) is 9.80. The molecule has 0 N–H and O–H groups in total. The van der Waals surface area contributed by atoms with E-state index in [0.29, 0.717) is 10.8 Å². The molecule has 0 amide bonds. The van der Waals surface area contributed by atoms with Gasteiger partial charge < -0.3 is 9.47 Å². The first-order valence-corrected chi connectivity index (χ1v) is 5.55. The number of hydrogen-bond acceptors (Lipinski definition) is 4. The van der Waals surface area contributed by atoms with Crippen LogP contribution in [-0.4, -0.2) is 18.1 Å². The van der Waals surface area contributed by atoms with Crippen LogP contribution in [0.15, 0.2) is 42.6 Å². The van der Waals surface area contributed by atoms with Crippen molar-refractivity contribution in [1.82, 2.24) is 4.98 Å². The minimum atomic E-state index is -0.553. The van der Waals surface area contributed by atoms with Gasteiger partial charge in [0.2, 0.25) is 0 Å². The van der Waals surface area contributed by atoms with E-state index < -0.39 is 5.97 Å². The summed E-state index contributed by atoms with van der Waals surface area (Å²) >= 11 is 5.96. The summed E-state index contributed by atoms with van der Waals surface area (Å²) < 4.78 is 10.1. The summed E-state index contributed by atoms with van der Waals surface area (Å²) in [5.41, 5.74) is 0.226. The average Bonchev–Trinajstić information content (AvgIpc) is 2.42. The third-order valence-corrected chi connectivity index (χ3v) is 2.51. The summed E-state index contributed by atoms with van der Waals surface area (Å²) in [7, 11) is 1.53. The Labute approximate surface area is 109 Å². The van der Waals surface area contributed by atoms with Crippen LogP contribution in [0.5, 0.6) is 11.5 Å². The van der Waals surface area contributed by atoms with Gasteiger partial charge in [-0.25, -0.2) is 9.78 Å². The zero-order valence-corrected chi connectivity index (χ0v) is 10.3. The van der Waals surface area contributed by atoms with Gasteiger partial charge in [-0.05, 0) is 24.3 Å². The van der Waals surface area contributed by atoms with E-state index >= 15 is 0 Å². The zero-order chi connectivity index (χ0) is 13.0. The van der Waals surface area contributed by atoms with Gasteiger partial charge in [0.1, 0.15) is 17.2 Å². The van der Waals surface area contributed by atoms with Crippen molar-refractivity contribution in [2.45, 2.75) is 0 Å². The van der Waals surface area contributed by atoms with Gasteiger partial charge in [-0.1, -0.05) is 17.7 Å². The van der Waals surface area contributed by atoms with Crippen molar-refractivity contribution < 1.29 is 14.3 Å². The number of rotatable bonds is 3. The van der Waals surface area contributed by atoms with Crippen LogP contribution in [0.2, 0.25) is 5.02 Å². The lowest BCUT2D eigenvalue weighted by atomic mass is 10.3. The third-order valence-electron chi connectivity index (χ3n) is 2.22. The van der Waals surface area contributed by atoms with Crippen LogP contribution in [0.3, 0.4) is 0 Å². The van der Waals surface area contributed by atoms with Crippen molar-refractivity contribution in [2.24, 2.45) is 0 Å². The van der Waals surface area contributed by atoms with E-state index in [1.54, 1.807) is 36.4 Å². The van der Waals surface area contributed by atoms with E-state index in [1.165, 1.54) is 13.3 Å². The molecule has 18 heavy (non-hydrogen) atoms. The van der Waals surface area contributed by atoms with E-state index in [1.807, 2.05) is 0 Å². The highest BCUT2D eigenvalue weighted by atomic mass is 35.5. The molecule has 5 heteroatoms. The SMILES string of the molecule is COc1ccc(OC(=O)c2ccccn2)c(Cl)c1. The first-order valence-electron chi connectivity index (χ1n) is 5.17. The number of aromatic nitrogens is 1. The molecular weight excluding hydrogens is 254 g/mol. The largest absolute Gasteiger partial charge is 0.497 e. The molecule has 0 aliphatic carbocycles. The van der Waals surface area contributed by atoms with Crippen LogP contribution in [0.25, 0.3) is 0 Å². The van der Waals surface area contributed by atoms with Crippen molar-refractivity contribution in [3.05, 3.63) is 53.3 Å². The van der Waals surface area contributed by atoms with Gasteiger partial charge in [0.05, 0.1) is 12.1 Å². The van der Waals surface area contributed by atoms with Crippen molar-refractivity contribution in [1.29, 1.82) is 0 Å². The predicted molar refractivity (Wildman–Crippen MR) is 67.2 cm³/mol. The molecule has 0 saturated heterocycles. The number of esters is 1. The lowest BCUT2D eigenvalue weighted by molar-refractivity contribution is 0.0728. The van der Waals surface area contributed by atoms with E-state index in [2.05, 4.69) is 4.98 Å². The predicted octanol–water partition coefficient (Wildman–Crippen LogP) is 2.96. The fourth-order valence-corrected chi connectivity index (χ4v) is 1.54. The minimum Gasteiger partial charge on any atom is -0.497 e. The number of hydrogen-bond donors (Lipinski definition) is 0. The Morgan fingerprint density at radius 1 is 1.28 bits per heavy atom. The summed E-state index contributed by atoms with van der Waals surface area (Å²) in [6.07, 6.45) is 1.52. The molecule has 0 saturated carbocycles. The molecule has 4 nitrogen and oxygen atoms in total. The van der Waals surface area contributed by atoms with Crippen LogP contribution in [0.4, 0.5) is 0 Å². The summed E-state index contributed by atoms with van der Waals surface area (Å²) in [4.78, 5) is 15.6. The monoisotopic (exact) mass is 263 g/mol. The molecule has 2 rings (SSSR count). The number of carbonyl (C=O) groups excluding carboxylic acids is 1. The highest BCUT2D eigenvalue weighted by Gasteiger charge is 2.12. The van der Waals surface area contributed by atoms with Crippen molar-refractivity contribution in [3.8, 4) is 11.5 Å². The molecule has 0 aliphatic rings. The molecule has 0 spiro atoms. The standard InChI is InChI=1S/C13H10ClNO3/c1-17-9-5-6-12(10(14)8-9)18-13(16)11-4-2-3-7-15-11/h2-8H,1H3. The van der Waals surface area contributed by atoms with Gasteiger partial charge in [-0.15, -0.1) is 0 Å². The van der Waals surface area contributed by atoms with E-state index in [4.69, 9.17) is 21.1 Å². The molecular formula is C13H10ClNO3. The van der Waals surface area contributed by atoms with Crippen LogP contribution in [-0.2, 0) is 0 Å². The highest BCUT2D eigenvalue weighted by Crippen LogP contribution is 2.29. The maximum Gasteiger partial charge on any atom is 0.362 e. The molecule has 2 aromatic rings. The van der Waals surface area contributed by atoms with Crippen molar-refractivity contribution >= 4 is 17.6 Å². The number of nitrogens with zero attached hydrogens (tertiary/aromatic N) is 1. The van der Waals surface area contributed by atoms with Gasteiger partial charge in [-0.2, -0.15) is 0 Å². The normalized spacial score (nSPS) is 9.89. The third kappa shape index (κ3) is 2.78.